The van der Waals surface area contributed by atoms with Gasteiger partial charge in [0, 0.05) is 43.0 Å². The molecule has 37 heavy (non-hydrogen) atoms. The van der Waals surface area contributed by atoms with Crippen molar-refractivity contribution in [2.75, 3.05) is 44.6 Å². The summed E-state index contributed by atoms with van der Waals surface area (Å²) >= 11 is 5.89. The molecule has 1 fully saturated rings. The number of hydrogen-bond acceptors (Lipinski definition) is 3. The molecule has 1 saturated heterocycles. The Morgan fingerprint density at radius 1 is 0.919 bits per heavy atom. The lowest BCUT2D eigenvalue weighted by Gasteiger charge is -2.22. The standard InChI is InChI=1S/C27H32ClF3N4O2/c28-23-10-12-24(13-11-23)33-26(37)35-18-4-17-34(19-20-35)16-3-1-2-15-32-25(36)14-7-21-5-8-22(9-6-21)27(29,30)31/h5-14H,1-4,15-20H2,(H,32,36)(H,33,37)/b14-7+. The molecule has 0 spiro atoms. The monoisotopic (exact) mass is 536 g/mol. The highest BCUT2D eigenvalue weighted by Crippen LogP contribution is 2.29. The number of halogens is 4. The Morgan fingerprint density at radius 2 is 1.65 bits per heavy atom. The molecule has 1 aliphatic heterocycles. The molecule has 0 aromatic heterocycles. The number of anilines is 1. The van der Waals surface area contributed by atoms with Crippen molar-refractivity contribution in [3.8, 4) is 0 Å². The van der Waals surface area contributed by atoms with Gasteiger partial charge in [0.05, 0.1) is 5.56 Å². The average molecular weight is 537 g/mol. The summed E-state index contributed by atoms with van der Waals surface area (Å²) in [5.74, 6) is -0.274. The van der Waals surface area contributed by atoms with Gasteiger partial charge in [0.1, 0.15) is 0 Å². The molecule has 0 aliphatic carbocycles. The highest BCUT2D eigenvalue weighted by Gasteiger charge is 2.29. The summed E-state index contributed by atoms with van der Waals surface area (Å²) in [6.45, 7) is 4.61. The lowest BCUT2D eigenvalue weighted by Crippen LogP contribution is -2.38. The van der Waals surface area contributed by atoms with E-state index in [1.807, 2.05) is 4.90 Å². The molecule has 2 aromatic rings. The molecule has 1 heterocycles. The fourth-order valence-electron chi connectivity index (χ4n) is 4.00. The zero-order valence-electron chi connectivity index (χ0n) is 20.6. The van der Waals surface area contributed by atoms with Crippen molar-refractivity contribution in [3.63, 3.8) is 0 Å². The van der Waals surface area contributed by atoms with Crippen LogP contribution in [-0.2, 0) is 11.0 Å². The summed E-state index contributed by atoms with van der Waals surface area (Å²) in [5, 5.41) is 6.34. The number of nitrogens with zero attached hydrogens (tertiary/aromatic N) is 2. The largest absolute Gasteiger partial charge is 0.416 e. The molecule has 0 unspecified atom stereocenters. The van der Waals surface area contributed by atoms with Crippen molar-refractivity contribution in [2.24, 2.45) is 0 Å². The van der Waals surface area contributed by atoms with Crippen molar-refractivity contribution in [2.45, 2.75) is 31.9 Å². The smallest absolute Gasteiger partial charge is 0.353 e. The van der Waals surface area contributed by atoms with E-state index in [1.54, 1.807) is 24.3 Å². The zero-order valence-corrected chi connectivity index (χ0v) is 21.3. The van der Waals surface area contributed by atoms with Crippen molar-refractivity contribution in [1.29, 1.82) is 0 Å². The second-order valence-electron chi connectivity index (χ2n) is 8.92. The second kappa shape index (κ2) is 14.0. The van der Waals surface area contributed by atoms with Gasteiger partial charge in [-0.3, -0.25) is 4.79 Å². The van der Waals surface area contributed by atoms with E-state index in [2.05, 4.69) is 15.5 Å². The van der Waals surface area contributed by atoms with Crippen LogP contribution in [-0.4, -0.2) is 61.0 Å². The minimum Gasteiger partial charge on any atom is -0.353 e. The van der Waals surface area contributed by atoms with E-state index in [-0.39, 0.29) is 11.9 Å². The zero-order chi connectivity index (χ0) is 26.7. The van der Waals surface area contributed by atoms with Crippen molar-refractivity contribution in [1.82, 2.24) is 15.1 Å². The number of unbranched alkanes of at least 4 members (excludes halogenated alkanes) is 2. The third kappa shape index (κ3) is 10.1. The molecular formula is C27H32ClF3N4O2. The maximum Gasteiger partial charge on any atom is 0.416 e. The fourth-order valence-corrected chi connectivity index (χ4v) is 4.12. The van der Waals surface area contributed by atoms with E-state index in [0.717, 1.165) is 63.1 Å². The summed E-state index contributed by atoms with van der Waals surface area (Å²) in [5.41, 5.74) is 0.533. The summed E-state index contributed by atoms with van der Waals surface area (Å²) in [7, 11) is 0. The van der Waals surface area contributed by atoms with E-state index >= 15 is 0 Å². The number of benzene rings is 2. The Balaban J connectivity index is 1.27. The first kappa shape index (κ1) is 28.5. The molecule has 200 valence electrons. The second-order valence-corrected chi connectivity index (χ2v) is 9.36. The summed E-state index contributed by atoms with van der Waals surface area (Å²) < 4.78 is 37.8. The van der Waals surface area contributed by atoms with Gasteiger partial charge in [-0.25, -0.2) is 4.79 Å². The van der Waals surface area contributed by atoms with Crippen molar-refractivity contribution < 1.29 is 22.8 Å². The van der Waals surface area contributed by atoms with Crippen LogP contribution in [0.3, 0.4) is 0 Å². The number of alkyl halides is 3. The Kier molecular flexibility index (Phi) is 10.8. The van der Waals surface area contributed by atoms with Gasteiger partial charge in [0.25, 0.3) is 0 Å². The molecule has 3 amide bonds. The maximum atomic E-state index is 12.6. The SMILES string of the molecule is O=C(/C=C/c1ccc(C(F)(F)F)cc1)NCCCCCN1CCCN(C(=O)Nc2ccc(Cl)cc2)CC1. The van der Waals surface area contributed by atoms with Crippen LogP contribution in [0.1, 0.15) is 36.8 Å². The minimum absolute atomic E-state index is 0.104. The molecule has 0 atom stereocenters. The Labute approximate surface area is 220 Å². The molecule has 2 aromatic carbocycles. The van der Waals surface area contributed by atoms with Gasteiger partial charge in [0.2, 0.25) is 5.91 Å². The van der Waals surface area contributed by atoms with Crippen LogP contribution in [0.5, 0.6) is 0 Å². The van der Waals surface area contributed by atoms with Gasteiger partial charge >= 0.3 is 12.2 Å². The van der Waals surface area contributed by atoms with Crippen LogP contribution in [0, 0.1) is 0 Å². The van der Waals surface area contributed by atoms with Crippen LogP contribution in [0.25, 0.3) is 6.08 Å². The van der Waals surface area contributed by atoms with Gasteiger partial charge in [-0.15, -0.1) is 0 Å². The number of nitrogens with one attached hydrogen (secondary N) is 2. The first-order chi connectivity index (χ1) is 17.7. The van der Waals surface area contributed by atoms with E-state index < -0.39 is 11.7 Å². The van der Waals surface area contributed by atoms with E-state index in [9.17, 15) is 22.8 Å². The lowest BCUT2D eigenvalue weighted by molar-refractivity contribution is -0.137. The van der Waals surface area contributed by atoms with E-state index in [1.165, 1.54) is 24.3 Å². The molecule has 0 bridgehead atoms. The molecule has 10 heteroatoms. The first-order valence-electron chi connectivity index (χ1n) is 12.4. The van der Waals surface area contributed by atoms with Crippen LogP contribution in [0.15, 0.2) is 54.6 Å². The van der Waals surface area contributed by atoms with Crippen LogP contribution >= 0.6 is 11.6 Å². The van der Waals surface area contributed by atoms with Gasteiger partial charge in [-0.2, -0.15) is 13.2 Å². The van der Waals surface area contributed by atoms with Gasteiger partial charge in [0.15, 0.2) is 0 Å². The summed E-state index contributed by atoms with van der Waals surface area (Å²) in [4.78, 5) is 28.7. The normalized spacial score (nSPS) is 15.0. The molecule has 2 N–H and O–H groups in total. The van der Waals surface area contributed by atoms with Crippen LogP contribution < -0.4 is 10.6 Å². The van der Waals surface area contributed by atoms with Gasteiger partial charge in [-0.05, 0) is 80.4 Å². The van der Waals surface area contributed by atoms with Crippen LogP contribution in [0.2, 0.25) is 5.02 Å². The Hall–Kier alpha value is -3.04. The number of hydrogen-bond donors (Lipinski definition) is 2. The van der Waals surface area contributed by atoms with Crippen molar-refractivity contribution in [3.05, 3.63) is 70.8 Å². The number of urea groups is 1. The Morgan fingerprint density at radius 3 is 2.35 bits per heavy atom. The predicted octanol–water partition coefficient (Wildman–Crippen LogP) is 5.90. The average Bonchev–Trinajstić information content (AvgIpc) is 3.12. The highest BCUT2D eigenvalue weighted by molar-refractivity contribution is 6.30. The van der Waals surface area contributed by atoms with E-state index in [0.29, 0.717) is 30.2 Å². The lowest BCUT2D eigenvalue weighted by atomic mass is 10.1. The molecular weight excluding hydrogens is 505 g/mol. The summed E-state index contributed by atoms with van der Waals surface area (Å²) in [6.07, 6.45) is 2.15. The molecule has 6 nitrogen and oxygen atoms in total. The Bertz CT molecular complexity index is 1040. The maximum absolute atomic E-state index is 12.6. The fraction of sp³-hybridized carbons (Fsp3) is 0.407. The molecule has 0 radical (unpaired) electrons. The number of carbonyl (C=O) groups is 2. The highest BCUT2D eigenvalue weighted by atomic mass is 35.5. The first-order valence-corrected chi connectivity index (χ1v) is 12.8. The van der Waals surface area contributed by atoms with Crippen LogP contribution in [0.4, 0.5) is 23.7 Å². The van der Waals surface area contributed by atoms with Gasteiger partial charge < -0.3 is 20.4 Å². The third-order valence-electron chi connectivity index (χ3n) is 6.09. The van der Waals surface area contributed by atoms with Gasteiger partial charge in [-0.1, -0.05) is 30.2 Å². The van der Waals surface area contributed by atoms with Crippen molar-refractivity contribution >= 4 is 35.3 Å². The topological polar surface area (TPSA) is 64.7 Å². The number of rotatable bonds is 9. The number of carbonyl (C=O) groups excluding carboxylic acids is 2. The third-order valence-corrected chi connectivity index (χ3v) is 6.34. The summed E-state index contributed by atoms with van der Waals surface area (Å²) in [6, 6.07) is 11.6. The molecule has 0 saturated carbocycles. The predicted molar refractivity (Wildman–Crippen MR) is 140 cm³/mol. The quantitative estimate of drug-likeness (QED) is 0.310. The van der Waals surface area contributed by atoms with E-state index in [4.69, 9.17) is 11.6 Å². The number of amides is 3. The minimum atomic E-state index is -4.37. The molecule has 1 aliphatic rings. The molecule has 3 rings (SSSR count).